The molecule has 1 N–H and O–H groups in total. The molecule has 0 aliphatic carbocycles. The fourth-order valence-electron chi connectivity index (χ4n) is 2.34. The maximum Gasteiger partial charge on any atom is 0.157 e. The van der Waals surface area contributed by atoms with Gasteiger partial charge in [0.15, 0.2) is 5.17 Å². The Morgan fingerprint density at radius 1 is 1.39 bits per heavy atom. The van der Waals surface area contributed by atoms with E-state index < -0.39 is 0 Å². The molecule has 3 nitrogen and oxygen atoms in total. The lowest BCUT2D eigenvalue weighted by molar-refractivity contribution is 0.0555. The van der Waals surface area contributed by atoms with Crippen molar-refractivity contribution in [2.24, 2.45) is 4.99 Å². The number of ether oxygens (including phenoxy) is 1. The molecule has 0 radical (unpaired) electrons. The minimum atomic E-state index is 0.268. The van der Waals surface area contributed by atoms with Gasteiger partial charge in [-0.25, -0.2) is 0 Å². The third-order valence-corrected chi connectivity index (χ3v) is 5.48. The molecule has 2 fully saturated rings. The first-order valence-electron chi connectivity index (χ1n) is 6.41. The zero-order valence-corrected chi connectivity index (χ0v) is 12.0. The number of hydrogen-bond acceptors (Lipinski definition) is 4. The van der Waals surface area contributed by atoms with Crippen molar-refractivity contribution >= 4 is 28.3 Å². The summed E-state index contributed by atoms with van der Waals surface area (Å²) in [4.78, 5) is 4.68. The van der Waals surface area contributed by atoms with Crippen molar-refractivity contribution in [2.45, 2.75) is 24.8 Å². The van der Waals surface area contributed by atoms with E-state index in [0.29, 0.717) is 0 Å². The molecule has 1 aromatic rings. The van der Waals surface area contributed by atoms with Crippen LogP contribution < -0.4 is 5.32 Å². The molecule has 2 saturated heterocycles. The van der Waals surface area contributed by atoms with Crippen molar-refractivity contribution in [3.05, 3.63) is 22.4 Å². The zero-order valence-electron chi connectivity index (χ0n) is 10.4. The van der Waals surface area contributed by atoms with Crippen LogP contribution in [0.4, 0.5) is 0 Å². The lowest BCUT2D eigenvalue weighted by Gasteiger charge is -2.32. The van der Waals surface area contributed by atoms with Gasteiger partial charge in [-0.2, -0.15) is 11.3 Å². The number of rotatable bonds is 3. The van der Waals surface area contributed by atoms with Crippen molar-refractivity contribution < 1.29 is 4.74 Å². The summed E-state index contributed by atoms with van der Waals surface area (Å²) in [6, 6.07) is 2.18. The predicted molar refractivity (Wildman–Crippen MR) is 78.7 cm³/mol. The first-order valence-corrected chi connectivity index (χ1v) is 8.33. The van der Waals surface area contributed by atoms with Gasteiger partial charge in [0.2, 0.25) is 0 Å². The second-order valence-corrected chi connectivity index (χ2v) is 6.62. The molecule has 1 spiro atoms. The summed E-state index contributed by atoms with van der Waals surface area (Å²) in [5, 5.41) is 9.08. The van der Waals surface area contributed by atoms with Gasteiger partial charge < -0.3 is 10.1 Å². The molecule has 0 saturated carbocycles. The first kappa shape index (κ1) is 12.5. The van der Waals surface area contributed by atoms with Crippen molar-refractivity contribution in [1.82, 2.24) is 5.32 Å². The van der Waals surface area contributed by atoms with Crippen LogP contribution in [0.3, 0.4) is 0 Å². The van der Waals surface area contributed by atoms with Crippen LogP contribution in [0.15, 0.2) is 21.8 Å². The number of nitrogens with one attached hydrogen (secondary N) is 1. The molecular formula is C13H18N2OS2. The van der Waals surface area contributed by atoms with Crippen molar-refractivity contribution in [2.75, 3.05) is 25.5 Å². The zero-order chi connectivity index (χ0) is 12.3. The number of nitrogens with zero attached hydrogens (tertiary/aromatic N) is 1. The van der Waals surface area contributed by atoms with E-state index in [9.17, 15) is 0 Å². The highest BCUT2D eigenvalue weighted by Gasteiger charge is 2.38. The van der Waals surface area contributed by atoms with Gasteiger partial charge in [0.25, 0.3) is 0 Å². The fraction of sp³-hybridized carbons (Fsp3) is 0.615. The van der Waals surface area contributed by atoms with Crippen LogP contribution in [-0.4, -0.2) is 36.2 Å². The first-order chi connectivity index (χ1) is 8.86. The average molecular weight is 282 g/mol. The van der Waals surface area contributed by atoms with E-state index in [2.05, 4.69) is 27.1 Å². The molecule has 1 aromatic heterocycles. The van der Waals surface area contributed by atoms with Crippen molar-refractivity contribution in [1.29, 1.82) is 0 Å². The maximum atomic E-state index is 5.43. The van der Waals surface area contributed by atoms with Gasteiger partial charge in [0, 0.05) is 25.5 Å². The van der Waals surface area contributed by atoms with E-state index in [1.807, 2.05) is 11.8 Å². The standard InChI is InChI=1S/C13H18N2OS2/c1(11-2-8-17-9-11)5-14-12-15-13(10-18-12)3-6-16-7-4-13/h2,8-9H,1,3-7,10H2,(H,14,15). The molecular weight excluding hydrogens is 264 g/mol. The average Bonchev–Trinajstić information content (AvgIpc) is 3.02. The molecule has 0 atom stereocenters. The summed E-state index contributed by atoms with van der Waals surface area (Å²) in [6.45, 7) is 2.66. The van der Waals surface area contributed by atoms with Gasteiger partial charge in [0.05, 0.1) is 5.54 Å². The van der Waals surface area contributed by atoms with E-state index in [0.717, 1.165) is 49.9 Å². The Labute approximate surface area is 116 Å². The largest absolute Gasteiger partial charge is 0.381 e. The van der Waals surface area contributed by atoms with E-state index in [1.54, 1.807) is 11.3 Å². The monoisotopic (exact) mass is 282 g/mol. The van der Waals surface area contributed by atoms with E-state index >= 15 is 0 Å². The number of amidine groups is 1. The molecule has 0 bridgehead atoms. The maximum absolute atomic E-state index is 5.43. The van der Waals surface area contributed by atoms with Crippen molar-refractivity contribution in [3.63, 3.8) is 0 Å². The highest BCUT2D eigenvalue weighted by atomic mass is 32.2. The summed E-state index contributed by atoms with van der Waals surface area (Å²) in [5.41, 5.74) is 1.66. The van der Waals surface area contributed by atoms with Gasteiger partial charge in [-0.1, -0.05) is 11.8 Å². The molecule has 2 aliphatic rings. The van der Waals surface area contributed by atoms with Crippen LogP contribution in [0.5, 0.6) is 0 Å². The van der Waals surface area contributed by atoms with Crippen molar-refractivity contribution in [3.8, 4) is 0 Å². The Hall–Kier alpha value is -0.520. The summed E-state index contributed by atoms with van der Waals surface area (Å²) in [5.74, 6) is 1.15. The number of aliphatic imine (C=N–C) groups is 1. The number of hydrogen-bond donors (Lipinski definition) is 1. The molecule has 3 rings (SSSR count). The number of thiophene rings is 1. The Kier molecular flexibility index (Phi) is 3.91. The van der Waals surface area contributed by atoms with E-state index in [4.69, 9.17) is 4.74 Å². The lowest BCUT2D eigenvalue weighted by Crippen LogP contribution is -2.48. The predicted octanol–water partition coefficient (Wildman–Crippen LogP) is 2.53. The minimum Gasteiger partial charge on any atom is -0.381 e. The number of thioether (sulfide) groups is 1. The topological polar surface area (TPSA) is 33.6 Å². The second kappa shape index (κ2) is 5.63. The molecule has 5 heteroatoms. The highest BCUT2D eigenvalue weighted by molar-refractivity contribution is 8.14. The van der Waals surface area contributed by atoms with Crippen LogP contribution in [-0.2, 0) is 11.2 Å². The normalized spacial score (nSPS) is 24.6. The van der Waals surface area contributed by atoms with Gasteiger partial charge in [0.1, 0.15) is 0 Å². The molecule has 3 heterocycles. The Bertz CT molecular complexity index is 411. The second-order valence-electron chi connectivity index (χ2n) is 4.87. The summed E-state index contributed by atoms with van der Waals surface area (Å²) in [7, 11) is 0. The van der Waals surface area contributed by atoms with Crippen LogP contribution in [0.2, 0.25) is 0 Å². The third kappa shape index (κ3) is 2.90. The van der Waals surface area contributed by atoms with Gasteiger partial charge in [-0.05, 0) is 41.7 Å². The van der Waals surface area contributed by atoms with E-state index in [1.165, 1.54) is 5.56 Å². The Morgan fingerprint density at radius 3 is 3.06 bits per heavy atom. The molecule has 0 unspecified atom stereocenters. The van der Waals surface area contributed by atoms with Crippen LogP contribution in [0.25, 0.3) is 0 Å². The Balaban J connectivity index is 1.51. The van der Waals surface area contributed by atoms with Crippen LogP contribution in [0, 0.1) is 0 Å². The summed E-state index contributed by atoms with van der Waals surface area (Å²) >= 11 is 3.63. The van der Waals surface area contributed by atoms with Gasteiger partial charge in [-0.15, -0.1) is 0 Å². The smallest absolute Gasteiger partial charge is 0.157 e. The van der Waals surface area contributed by atoms with Crippen LogP contribution in [0.1, 0.15) is 18.4 Å². The SMILES string of the molecule is c1cc(CCN=C2NC3(CCOCC3)CS2)cs1. The Morgan fingerprint density at radius 2 is 2.28 bits per heavy atom. The minimum absolute atomic E-state index is 0.268. The fourth-order valence-corrected chi connectivity index (χ4v) is 4.29. The van der Waals surface area contributed by atoms with Gasteiger partial charge >= 0.3 is 0 Å². The molecule has 0 aromatic carbocycles. The third-order valence-electron chi connectivity index (χ3n) is 3.54. The molecule has 2 aliphatic heterocycles. The summed E-state index contributed by atoms with van der Waals surface area (Å²) < 4.78 is 5.43. The highest BCUT2D eigenvalue weighted by Crippen LogP contribution is 2.31. The molecule has 18 heavy (non-hydrogen) atoms. The summed E-state index contributed by atoms with van der Waals surface area (Å²) in [6.07, 6.45) is 3.28. The van der Waals surface area contributed by atoms with Crippen LogP contribution >= 0.6 is 23.1 Å². The lowest BCUT2D eigenvalue weighted by atomic mass is 9.93. The van der Waals surface area contributed by atoms with Gasteiger partial charge in [-0.3, -0.25) is 4.99 Å². The quantitative estimate of drug-likeness (QED) is 0.925. The van der Waals surface area contributed by atoms with E-state index in [-0.39, 0.29) is 5.54 Å². The molecule has 98 valence electrons. The molecule has 0 amide bonds.